The minimum absolute atomic E-state index is 0.0739. The fourth-order valence-corrected chi connectivity index (χ4v) is 5.43. The average molecular weight is 496 g/mol. The zero-order valence-electron chi connectivity index (χ0n) is 18.3. The fourth-order valence-electron chi connectivity index (χ4n) is 3.45. The van der Waals surface area contributed by atoms with Crippen molar-refractivity contribution in [3.05, 3.63) is 102 Å². The highest BCUT2D eigenvalue weighted by Gasteiger charge is 2.26. The van der Waals surface area contributed by atoms with Gasteiger partial charge in [0.2, 0.25) is 0 Å². The van der Waals surface area contributed by atoms with Gasteiger partial charge in [0.1, 0.15) is 17.6 Å². The molecule has 4 aromatic rings. The Labute approximate surface area is 202 Å². The summed E-state index contributed by atoms with van der Waals surface area (Å²) < 4.78 is 29.7. The molecule has 0 aliphatic heterocycles. The highest BCUT2D eigenvalue weighted by atomic mass is 35.5. The Bertz CT molecular complexity index is 1380. The molecule has 0 radical (unpaired) electrons. The summed E-state index contributed by atoms with van der Waals surface area (Å²) in [5, 5.41) is 6.89. The Balaban J connectivity index is 1.54. The van der Waals surface area contributed by atoms with Gasteiger partial charge in [0, 0.05) is 17.8 Å². The van der Waals surface area contributed by atoms with Gasteiger partial charge in [-0.05, 0) is 55.0 Å². The van der Waals surface area contributed by atoms with E-state index in [1.54, 1.807) is 60.4 Å². The van der Waals surface area contributed by atoms with Crippen LogP contribution in [-0.4, -0.2) is 35.6 Å². The smallest absolute Gasteiger partial charge is 0.265 e. The van der Waals surface area contributed by atoms with E-state index >= 15 is 0 Å². The summed E-state index contributed by atoms with van der Waals surface area (Å²) in [5.74, 6) is -0.367. The topological polar surface area (TPSA) is 97.2 Å². The molecule has 0 spiro atoms. The van der Waals surface area contributed by atoms with Crippen molar-refractivity contribution in [1.29, 1.82) is 0 Å². The molecule has 0 aliphatic rings. The van der Waals surface area contributed by atoms with Crippen molar-refractivity contribution in [3.63, 3.8) is 0 Å². The number of carbonyl (C=O) groups excluding carboxylic acids is 1. The lowest BCUT2D eigenvalue weighted by Gasteiger charge is -2.23. The van der Waals surface area contributed by atoms with Gasteiger partial charge in [-0.2, -0.15) is 5.10 Å². The zero-order chi connectivity index (χ0) is 24.1. The van der Waals surface area contributed by atoms with Crippen LogP contribution in [0.4, 0.5) is 11.4 Å². The van der Waals surface area contributed by atoms with Gasteiger partial charge < -0.3 is 5.32 Å². The van der Waals surface area contributed by atoms with Crippen molar-refractivity contribution >= 4 is 38.9 Å². The molecule has 0 bridgehead atoms. The number of benzene rings is 3. The maximum atomic E-state index is 13.4. The van der Waals surface area contributed by atoms with Crippen molar-refractivity contribution < 1.29 is 13.2 Å². The minimum atomic E-state index is -3.95. The summed E-state index contributed by atoms with van der Waals surface area (Å²) in [7, 11) is -3.95. The molecule has 1 heterocycles. The van der Waals surface area contributed by atoms with E-state index in [9.17, 15) is 13.2 Å². The third-order valence-corrected chi connectivity index (χ3v) is 7.50. The number of hydrogen-bond donors (Lipinski definition) is 1. The molecule has 0 saturated heterocycles. The normalized spacial score (nSPS) is 11.2. The van der Waals surface area contributed by atoms with E-state index in [4.69, 9.17) is 11.6 Å². The summed E-state index contributed by atoms with van der Waals surface area (Å²) >= 11 is 6.27. The molecule has 8 nitrogen and oxygen atoms in total. The number of sulfonamides is 1. The Kier molecular flexibility index (Phi) is 6.95. The molecule has 10 heteroatoms. The Hall–Kier alpha value is -3.69. The van der Waals surface area contributed by atoms with Gasteiger partial charge in [-0.25, -0.2) is 18.1 Å². The van der Waals surface area contributed by atoms with Crippen molar-refractivity contribution in [2.75, 3.05) is 16.2 Å². The third kappa shape index (κ3) is 5.11. The SMILES string of the molecule is CCN(c1ccccc1)S(=O)(=O)c1cc(NC(=O)c2ccc(Cn3cncn3)cc2)ccc1Cl. The van der Waals surface area contributed by atoms with Crippen LogP contribution in [0.1, 0.15) is 22.8 Å². The van der Waals surface area contributed by atoms with Crippen molar-refractivity contribution in [3.8, 4) is 0 Å². The second kappa shape index (κ2) is 10.1. The van der Waals surface area contributed by atoms with Crippen LogP contribution in [0.5, 0.6) is 0 Å². The number of para-hydroxylation sites is 1. The van der Waals surface area contributed by atoms with Crippen molar-refractivity contribution in [2.45, 2.75) is 18.4 Å². The molecular weight excluding hydrogens is 474 g/mol. The van der Waals surface area contributed by atoms with Gasteiger partial charge in [-0.15, -0.1) is 0 Å². The molecule has 34 heavy (non-hydrogen) atoms. The molecule has 3 aromatic carbocycles. The van der Waals surface area contributed by atoms with E-state index in [0.29, 0.717) is 23.5 Å². The molecule has 0 unspecified atom stereocenters. The van der Waals surface area contributed by atoms with E-state index in [2.05, 4.69) is 15.4 Å². The molecule has 0 aliphatic carbocycles. The number of carbonyl (C=O) groups is 1. The number of nitrogens with zero attached hydrogens (tertiary/aromatic N) is 4. The molecule has 1 aromatic heterocycles. The average Bonchev–Trinajstić information content (AvgIpc) is 3.35. The van der Waals surface area contributed by atoms with E-state index in [1.165, 1.54) is 22.8 Å². The number of rotatable bonds is 8. The lowest BCUT2D eigenvalue weighted by molar-refractivity contribution is 0.102. The lowest BCUT2D eigenvalue weighted by atomic mass is 10.1. The molecular formula is C24H22ClN5O3S. The Morgan fingerprint density at radius 3 is 2.44 bits per heavy atom. The predicted octanol–water partition coefficient (Wildman–Crippen LogP) is 4.45. The first-order valence-corrected chi connectivity index (χ1v) is 12.3. The fraction of sp³-hybridized carbons (Fsp3) is 0.125. The number of anilines is 2. The van der Waals surface area contributed by atoms with Gasteiger partial charge in [0.05, 0.1) is 17.3 Å². The summed E-state index contributed by atoms with van der Waals surface area (Å²) in [5.41, 5.74) is 2.24. The van der Waals surface area contributed by atoms with Gasteiger partial charge in [-0.3, -0.25) is 9.10 Å². The number of aromatic nitrogens is 3. The summed E-state index contributed by atoms with van der Waals surface area (Å²) in [4.78, 5) is 16.6. The number of hydrogen-bond acceptors (Lipinski definition) is 5. The van der Waals surface area contributed by atoms with Crippen molar-refractivity contribution in [2.24, 2.45) is 0 Å². The second-order valence-electron chi connectivity index (χ2n) is 7.39. The van der Waals surface area contributed by atoms with Crippen LogP contribution in [-0.2, 0) is 16.6 Å². The van der Waals surface area contributed by atoms with E-state index in [0.717, 1.165) is 5.56 Å². The first kappa shape index (κ1) is 23.5. The van der Waals surface area contributed by atoms with Gasteiger partial charge >= 0.3 is 0 Å². The van der Waals surface area contributed by atoms with Crippen LogP contribution in [0.25, 0.3) is 0 Å². The number of nitrogens with one attached hydrogen (secondary N) is 1. The maximum Gasteiger partial charge on any atom is 0.265 e. The second-order valence-corrected chi connectivity index (χ2v) is 9.63. The molecule has 4 rings (SSSR count). The highest BCUT2D eigenvalue weighted by molar-refractivity contribution is 7.93. The molecule has 0 fully saturated rings. The quantitative estimate of drug-likeness (QED) is 0.389. The van der Waals surface area contributed by atoms with Crippen LogP contribution in [0.2, 0.25) is 5.02 Å². The molecule has 0 saturated carbocycles. The molecule has 0 atom stereocenters. The molecule has 1 amide bonds. The predicted molar refractivity (Wildman–Crippen MR) is 132 cm³/mol. The molecule has 1 N–H and O–H groups in total. The third-order valence-electron chi connectivity index (χ3n) is 5.12. The standard InChI is InChI=1S/C24H22ClN5O3S/c1-2-30(21-6-4-3-5-7-21)34(32,33)23-14-20(12-13-22(23)25)28-24(31)19-10-8-18(9-11-19)15-29-17-26-16-27-29/h3-14,16-17H,2,15H2,1H3,(H,28,31). The number of amides is 1. The van der Waals surface area contributed by atoms with E-state index in [1.807, 2.05) is 18.2 Å². The summed E-state index contributed by atoms with van der Waals surface area (Å²) in [6.45, 7) is 2.51. The van der Waals surface area contributed by atoms with Crippen LogP contribution < -0.4 is 9.62 Å². The van der Waals surface area contributed by atoms with Crippen LogP contribution in [0.15, 0.2) is 90.3 Å². The van der Waals surface area contributed by atoms with Crippen LogP contribution >= 0.6 is 11.6 Å². The first-order valence-electron chi connectivity index (χ1n) is 10.5. The minimum Gasteiger partial charge on any atom is -0.322 e. The van der Waals surface area contributed by atoms with Gasteiger partial charge in [-0.1, -0.05) is 41.9 Å². The van der Waals surface area contributed by atoms with E-state index in [-0.39, 0.29) is 22.4 Å². The lowest BCUT2D eigenvalue weighted by Crippen LogP contribution is -2.31. The maximum absolute atomic E-state index is 13.4. The first-order chi connectivity index (χ1) is 16.4. The van der Waals surface area contributed by atoms with Crippen LogP contribution in [0, 0.1) is 0 Å². The largest absolute Gasteiger partial charge is 0.322 e. The van der Waals surface area contributed by atoms with E-state index < -0.39 is 10.0 Å². The monoisotopic (exact) mass is 495 g/mol. The molecule has 174 valence electrons. The summed E-state index contributed by atoms with van der Waals surface area (Å²) in [6.07, 6.45) is 3.08. The zero-order valence-corrected chi connectivity index (χ0v) is 19.9. The van der Waals surface area contributed by atoms with Crippen molar-refractivity contribution in [1.82, 2.24) is 14.8 Å². The van der Waals surface area contributed by atoms with Gasteiger partial charge in [0.25, 0.3) is 15.9 Å². The summed E-state index contributed by atoms with van der Waals surface area (Å²) in [6, 6.07) is 20.2. The van der Waals surface area contributed by atoms with Gasteiger partial charge in [0.15, 0.2) is 0 Å². The highest BCUT2D eigenvalue weighted by Crippen LogP contribution is 2.30. The Morgan fingerprint density at radius 1 is 1.06 bits per heavy atom. The number of halogens is 1. The Morgan fingerprint density at radius 2 is 1.79 bits per heavy atom. The van der Waals surface area contributed by atoms with Crippen LogP contribution in [0.3, 0.4) is 0 Å².